The number of ether oxygens (including phenoxy) is 1. The van der Waals surface area contributed by atoms with Crippen molar-refractivity contribution in [2.75, 3.05) is 20.1 Å². The van der Waals surface area contributed by atoms with Gasteiger partial charge in [-0.3, -0.25) is 9.79 Å². The molecule has 0 amide bonds. The number of carbonyl (C=O) groups is 1. The van der Waals surface area contributed by atoms with Crippen LogP contribution in [0.2, 0.25) is 0 Å². The van der Waals surface area contributed by atoms with Crippen molar-refractivity contribution in [3.8, 4) is 0 Å². The molecule has 0 aliphatic heterocycles. The van der Waals surface area contributed by atoms with Crippen LogP contribution in [0.3, 0.4) is 0 Å². The molecule has 22 heavy (non-hydrogen) atoms. The van der Waals surface area contributed by atoms with E-state index in [9.17, 15) is 4.79 Å². The van der Waals surface area contributed by atoms with Gasteiger partial charge in [-0.1, -0.05) is 19.9 Å². The Morgan fingerprint density at radius 2 is 1.95 bits per heavy atom. The summed E-state index contributed by atoms with van der Waals surface area (Å²) in [5.41, 5.74) is -0.478. The Hall–Kier alpha value is -1.56. The van der Waals surface area contributed by atoms with Crippen molar-refractivity contribution in [2.24, 2.45) is 4.99 Å². The number of hydrogen-bond acceptors (Lipinski definition) is 4. The molecule has 0 unspecified atom stereocenters. The van der Waals surface area contributed by atoms with E-state index in [0.717, 1.165) is 6.54 Å². The van der Waals surface area contributed by atoms with E-state index >= 15 is 0 Å². The van der Waals surface area contributed by atoms with Crippen LogP contribution < -0.4 is 10.6 Å². The second-order valence-corrected chi connectivity index (χ2v) is 7.67. The Kier molecular flexibility index (Phi) is 6.41. The molecule has 6 heteroatoms. The fourth-order valence-electron chi connectivity index (χ4n) is 1.81. The zero-order valence-electron chi connectivity index (χ0n) is 14.3. The first-order valence-corrected chi connectivity index (χ1v) is 8.22. The van der Waals surface area contributed by atoms with E-state index in [-0.39, 0.29) is 17.9 Å². The SMILES string of the molecule is CN=C(NCC(=O)OC(C)(C)C)NCC(C)(C)c1cccs1. The highest BCUT2D eigenvalue weighted by Crippen LogP contribution is 2.26. The number of hydrogen-bond donors (Lipinski definition) is 2. The van der Waals surface area contributed by atoms with Crippen LogP contribution in [0.15, 0.2) is 22.5 Å². The van der Waals surface area contributed by atoms with E-state index in [4.69, 9.17) is 4.74 Å². The van der Waals surface area contributed by atoms with Gasteiger partial charge in [0.2, 0.25) is 0 Å². The number of esters is 1. The lowest BCUT2D eigenvalue weighted by Crippen LogP contribution is -2.45. The van der Waals surface area contributed by atoms with Crippen molar-refractivity contribution in [1.29, 1.82) is 0 Å². The van der Waals surface area contributed by atoms with Crippen LogP contribution >= 0.6 is 11.3 Å². The summed E-state index contributed by atoms with van der Waals surface area (Å²) in [4.78, 5) is 17.1. The molecule has 1 heterocycles. The molecule has 1 aromatic heterocycles. The molecule has 0 bridgehead atoms. The molecule has 1 aromatic rings. The average molecular weight is 325 g/mol. The van der Waals surface area contributed by atoms with Gasteiger partial charge >= 0.3 is 5.97 Å². The van der Waals surface area contributed by atoms with Crippen molar-refractivity contribution in [2.45, 2.75) is 45.6 Å². The van der Waals surface area contributed by atoms with E-state index in [1.54, 1.807) is 18.4 Å². The van der Waals surface area contributed by atoms with E-state index in [0.29, 0.717) is 5.96 Å². The summed E-state index contributed by atoms with van der Waals surface area (Å²) in [7, 11) is 1.68. The summed E-state index contributed by atoms with van der Waals surface area (Å²) in [5.74, 6) is 0.295. The molecule has 0 radical (unpaired) electrons. The molecule has 0 fully saturated rings. The Labute approximate surface area is 137 Å². The highest BCUT2D eigenvalue weighted by molar-refractivity contribution is 7.10. The zero-order chi connectivity index (χ0) is 16.8. The van der Waals surface area contributed by atoms with Crippen molar-refractivity contribution in [3.05, 3.63) is 22.4 Å². The van der Waals surface area contributed by atoms with E-state index < -0.39 is 5.60 Å². The normalized spacial score (nSPS) is 12.9. The quantitative estimate of drug-likeness (QED) is 0.496. The van der Waals surface area contributed by atoms with Crippen molar-refractivity contribution >= 4 is 23.3 Å². The summed E-state index contributed by atoms with van der Waals surface area (Å²) < 4.78 is 5.25. The topological polar surface area (TPSA) is 62.7 Å². The third kappa shape index (κ3) is 6.47. The second kappa shape index (κ2) is 7.63. The standard InChI is InChI=1S/C16H27N3O2S/c1-15(2,3)21-13(20)10-18-14(17-6)19-11-16(4,5)12-8-7-9-22-12/h7-9H,10-11H2,1-6H3,(H2,17,18,19). The Morgan fingerprint density at radius 3 is 2.45 bits per heavy atom. The maximum absolute atomic E-state index is 11.7. The molecule has 124 valence electrons. The number of nitrogens with one attached hydrogen (secondary N) is 2. The lowest BCUT2D eigenvalue weighted by atomic mass is 9.91. The first-order chi connectivity index (χ1) is 10.1. The van der Waals surface area contributed by atoms with Gasteiger partial charge in [-0.15, -0.1) is 11.3 Å². The number of carbonyl (C=O) groups excluding carboxylic acids is 1. The summed E-state index contributed by atoms with van der Waals surface area (Å²) >= 11 is 1.74. The molecule has 5 nitrogen and oxygen atoms in total. The fourth-order valence-corrected chi connectivity index (χ4v) is 2.66. The van der Waals surface area contributed by atoms with Gasteiger partial charge in [0.25, 0.3) is 0 Å². The fraction of sp³-hybridized carbons (Fsp3) is 0.625. The predicted octanol–water partition coefficient (Wildman–Crippen LogP) is 2.53. The van der Waals surface area contributed by atoms with Gasteiger partial charge in [-0.05, 0) is 32.2 Å². The molecule has 2 N–H and O–H groups in total. The van der Waals surface area contributed by atoms with Crippen LogP contribution in [0.1, 0.15) is 39.5 Å². The van der Waals surface area contributed by atoms with Crippen LogP contribution in [-0.2, 0) is 14.9 Å². The minimum absolute atomic E-state index is 0.00228. The zero-order valence-corrected chi connectivity index (χ0v) is 15.1. The van der Waals surface area contributed by atoms with E-state index in [2.05, 4.69) is 47.0 Å². The molecule has 0 saturated carbocycles. The lowest BCUT2D eigenvalue weighted by molar-refractivity contribution is -0.153. The molecule has 0 saturated heterocycles. The minimum Gasteiger partial charge on any atom is -0.459 e. The summed E-state index contributed by atoms with van der Waals surface area (Å²) in [5, 5.41) is 8.31. The van der Waals surface area contributed by atoms with Crippen LogP contribution in [-0.4, -0.2) is 37.7 Å². The lowest BCUT2D eigenvalue weighted by Gasteiger charge is -2.25. The number of nitrogens with zero attached hydrogens (tertiary/aromatic N) is 1. The summed E-state index contributed by atoms with van der Waals surface area (Å²) in [6.07, 6.45) is 0. The predicted molar refractivity (Wildman–Crippen MR) is 92.6 cm³/mol. The maximum atomic E-state index is 11.7. The van der Waals surface area contributed by atoms with Crippen LogP contribution in [0.5, 0.6) is 0 Å². The van der Waals surface area contributed by atoms with Gasteiger partial charge in [0.15, 0.2) is 5.96 Å². The Balaban J connectivity index is 2.45. The van der Waals surface area contributed by atoms with Gasteiger partial charge < -0.3 is 15.4 Å². The van der Waals surface area contributed by atoms with Gasteiger partial charge in [-0.2, -0.15) is 0 Å². The monoisotopic (exact) mass is 325 g/mol. The van der Waals surface area contributed by atoms with Gasteiger partial charge in [-0.25, -0.2) is 0 Å². The van der Waals surface area contributed by atoms with E-state index in [1.807, 2.05) is 20.8 Å². The van der Waals surface area contributed by atoms with Crippen molar-refractivity contribution < 1.29 is 9.53 Å². The summed E-state index contributed by atoms with van der Waals surface area (Å²) in [6, 6.07) is 4.18. The molecular formula is C16H27N3O2S. The largest absolute Gasteiger partial charge is 0.459 e. The number of rotatable bonds is 5. The van der Waals surface area contributed by atoms with E-state index in [1.165, 1.54) is 4.88 Å². The van der Waals surface area contributed by atoms with Gasteiger partial charge in [0.05, 0.1) is 0 Å². The summed E-state index contributed by atoms with van der Waals surface area (Å²) in [6.45, 7) is 10.7. The number of guanidine groups is 1. The van der Waals surface area contributed by atoms with Crippen LogP contribution in [0.4, 0.5) is 0 Å². The third-order valence-electron chi connectivity index (χ3n) is 2.93. The highest BCUT2D eigenvalue weighted by Gasteiger charge is 2.22. The first-order valence-electron chi connectivity index (χ1n) is 7.34. The van der Waals surface area contributed by atoms with Crippen LogP contribution in [0, 0.1) is 0 Å². The van der Waals surface area contributed by atoms with Gasteiger partial charge in [0, 0.05) is 23.9 Å². The Bertz CT molecular complexity index is 502. The van der Waals surface area contributed by atoms with Crippen molar-refractivity contribution in [3.63, 3.8) is 0 Å². The van der Waals surface area contributed by atoms with Crippen molar-refractivity contribution in [1.82, 2.24) is 10.6 Å². The average Bonchev–Trinajstić information content (AvgIpc) is 2.91. The molecule has 1 rings (SSSR count). The smallest absolute Gasteiger partial charge is 0.325 e. The van der Waals surface area contributed by atoms with Gasteiger partial charge in [0.1, 0.15) is 12.1 Å². The highest BCUT2D eigenvalue weighted by atomic mass is 32.1. The number of aliphatic imine (C=N–C) groups is 1. The molecule has 0 spiro atoms. The maximum Gasteiger partial charge on any atom is 0.325 e. The minimum atomic E-state index is -0.475. The van der Waals surface area contributed by atoms with Crippen LogP contribution in [0.25, 0.3) is 0 Å². The third-order valence-corrected chi connectivity index (χ3v) is 4.17. The molecule has 0 atom stereocenters. The molecule has 0 aliphatic rings. The first kappa shape index (κ1) is 18.5. The molecule has 0 aliphatic carbocycles. The molecular weight excluding hydrogens is 298 g/mol. The number of thiophene rings is 1. The second-order valence-electron chi connectivity index (χ2n) is 6.73. The Morgan fingerprint density at radius 1 is 1.27 bits per heavy atom. The molecule has 0 aromatic carbocycles.